The first kappa shape index (κ1) is 23.4. The third-order valence-corrected chi connectivity index (χ3v) is 7.22. The molecule has 35 heavy (non-hydrogen) atoms. The molecule has 0 saturated heterocycles. The van der Waals surface area contributed by atoms with Gasteiger partial charge in [0, 0.05) is 10.9 Å². The Morgan fingerprint density at radius 2 is 1.49 bits per heavy atom. The maximum atomic E-state index is 11.3. The molecule has 0 aliphatic heterocycles. The SMILES string of the molecule is Cc1cc(C)c2c(c1)c(-c1ccccc1)c(-c1ccccc1)n2CC(O)Cn1nc(C)c(Cl)c1C. The zero-order valence-corrected chi connectivity index (χ0v) is 21.3. The van der Waals surface area contributed by atoms with Crippen molar-refractivity contribution in [2.75, 3.05) is 0 Å². The van der Waals surface area contributed by atoms with Crippen LogP contribution in [0, 0.1) is 27.7 Å². The summed E-state index contributed by atoms with van der Waals surface area (Å²) in [6, 6.07) is 25.5. The van der Waals surface area contributed by atoms with E-state index in [4.69, 9.17) is 11.6 Å². The van der Waals surface area contributed by atoms with E-state index in [2.05, 4.69) is 84.2 Å². The number of benzene rings is 3. The lowest BCUT2D eigenvalue weighted by atomic mass is 9.97. The summed E-state index contributed by atoms with van der Waals surface area (Å²) in [5.74, 6) is 0. The number of nitrogens with zero attached hydrogens (tertiary/aromatic N) is 3. The minimum absolute atomic E-state index is 0.374. The summed E-state index contributed by atoms with van der Waals surface area (Å²) in [5.41, 5.74) is 9.83. The molecular formula is C30H30ClN3O. The lowest BCUT2D eigenvalue weighted by Crippen LogP contribution is -2.24. The zero-order valence-electron chi connectivity index (χ0n) is 20.6. The highest BCUT2D eigenvalue weighted by atomic mass is 35.5. The van der Waals surface area contributed by atoms with Crippen molar-refractivity contribution in [2.45, 2.75) is 46.9 Å². The van der Waals surface area contributed by atoms with Crippen molar-refractivity contribution in [3.05, 3.63) is 100 Å². The fourth-order valence-corrected chi connectivity index (χ4v) is 5.32. The molecule has 3 aromatic carbocycles. The van der Waals surface area contributed by atoms with Crippen LogP contribution in [-0.2, 0) is 13.1 Å². The maximum Gasteiger partial charge on any atom is 0.0914 e. The van der Waals surface area contributed by atoms with Crippen molar-refractivity contribution in [2.24, 2.45) is 0 Å². The van der Waals surface area contributed by atoms with Gasteiger partial charge in [-0.05, 0) is 50.5 Å². The number of aromatic nitrogens is 3. The number of aryl methyl sites for hydroxylation is 3. The Bertz CT molecular complexity index is 1500. The molecule has 2 heterocycles. The molecule has 5 aromatic rings. The smallest absolute Gasteiger partial charge is 0.0914 e. The quantitative estimate of drug-likeness (QED) is 0.279. The largest absolute Gasteiger partial charge is 0.389 e. The van der Waals surface area contributed by atoms with E-state index in [1.165, 1.54) is 27.6 Å². The summed E-state index contributed by atoms with van der Waals surface area (Å²) < 4.78 is 4.10. The molecular weight excluding hydrogens is 454 g/mol. The van der Waals surface area contributed by atoms with Crippen molar-refractivity contribution < 1.29 is 5.11 Å². The van der Waals surface area contributed by atoms with E-state index in [0.717, 1.165) is 28.2 Å². The van der Waals surface area contributed by atoms with Gasteiger partial charge in [0.25, 0.3) is 0 Å². The van der Waals surface area contributed by atoms with E-state index in [1.807, 2.05) is 30.7 Å². The Morgan fingerprint density at radius 3 is 2.09 bits per heavy atom. The summed E-state index contributed by atoms with van der Waals surface area (Å²) >= 11 is 6.36. The Labute approximate surface area is 211 Å². The summed E-state index contributed by atoms with van der Waals surface area (Å²) in [5, 5.41) is 17.7. The van der Waals surface area contributed by atoms with E-state index in [1.54, 1.807) is 0 Å². The second-order valence-corrected chi connectivity index (χ2v) is 9.74. The molecule has 1 atom stereocenters. The molecule has 0 bridgehead atoms. The summed E-state index contributed by atoms with van der Waals surface area (Å²) in [4.78, 5) is 0. The van der Waals surface area contributed by atoms with Crippen LogP contribution in [0.25, 0.3) is 33.3 Å². The average Bonchev–Trinajstić information content (AvgIpc) is 3.29. The van der Waals surface area contributed by atoms with Crippen LogP contribution in [0.5, 0.6) is 0 Å². The number of aliphatic hydroxyl groups excluding tert-OH is 1. The van der Waals surface area contributed by atoms with Crippen LogP contribution in [0.1, 0.15) is 22.5 Å². The summed E-state index contributed by atoms with van der Waals surface area (Å²) in [6.45, 7) is 8.94. The molecule has 1 N–H and O–H groups in total. The molecule has 0 aliphatic rings. The van der Waals surface area contributed by atoms with Gasteiger partial charge in [-0.1, -0.05) is 83.9 Å². The Kier molecular flexibility index (Phi) is 6.26. The minimum atomic E-state index is -0.647. The molecule has 0 aliphatic carbocycles. The molecule has 0 saturated carbocycles. The van der Waals surface area contributed by atoms with Crippen molar-refractivity contribution in [3.8, 4) is 22.4 Å². The van der Waals surface area contributed by atoms with Gasteiger partial charge in [-0.15, -0.1) is 0 Å². The number of rotatable bonds is 6. The Balaban J connectivity index is 1.72. The third kappa shape index (κ3) is 4.29. The molecule has 4 nitrogen and oxygen atoms in total. The molecule has 0 spiro atoms. The molecule has 0 radical (unpaired) electrons. The van der Waals surface area contributed by atoms with Crippen molar-refractivity contribution in [3.63, 3.8) is 0 Å². The first-order valence-electron chi connectivity index (χ1n) is 12.0. The molecule has 5 rings (SSSR count). The third-order valence-electron chi connectivity index (χ3n) is 6.67. The average molecular weight is 484 g/mol. The van der Waals surface area contributed by atoms with Crippen LogP contribution >= 0.6 is 11.6 Å². The Morgan fingerprint density at radius 1 is 0.857 bits per heavy atom. The van der Waals surface area contributed by atoms with Gasteiger partial charge in [0.2, 0.25) is 0 Å². The molecule has 0 fully saturated rings. The standard InChI is InChI=1S/C30H30ClN3O/c1-19-15-20(2)29-26(16-19)27(23-11-7-5-8-12-23)30(24-13-9-6-10-14-24)33(29)17-25(35)18-34-22(4)28(31)21(3)32-34/h5-16,25,35H,17-18H2,1-4H3. The summed E-state index contributed by atoms with van der Waals surface area (Å²) in [7, 11) is 0. The normalized spacial score (nSPS) is 12.4. The summed E-state index contributed by atoms with van der Waals surface area (Å²) in [6.07, 6.45) is -0.647. The van der Waals surface area contributed by atoms with Crippen molar-refractivity contribution >= 4 is 22.5 Å². The first-order valence-corrected chi connectivity index (χ1v) is 12.3. The number of hydrogen-bond donors (Lipinski definition) is 1. The minimum Gasteiger partial charge on any atom is -0.389 e. The number of fused-ring (bicyclic) bond motifs is 1. The lowest BCUT2D eigenvalue weighted by Gasteiger charge is -2.18. The predicted molar refractivity (Wildman–Crippen MR) is 145 cm³/mol. The topological polar surface area (TPSA) is 43.0 Å². The second kappa shape index (κ2) is 9.37. The van der Waals surface area contributed by atoms with Crippen LogP contribution in [0.15, 0.2) is 72.8 Å². The highest BCUT2D eigenvalue weighted by Gasteiger charge is 2.23. The van der Waals surface area contributed by atoms with Crippen LogP contribution in [0.4, 0.5) is 0 Å². The van der Waals surface area contributed by atoms with Crippen LogP contribution in [-0.4, -0.2) is 25.6 Å². The van der Waals surface area contributed by atoms with Gasteiger partial charge in [0.1, 0.15) is 0 Å². The number of halogens is 1. The van der Waals surface area contributed by atoms with E-state index >= 15 is 0 Å². The molecule has 1 unspecified atom stereocenters. The Hall–Kier alpha value is -3.34. The molecule has 178 valence electrons. The van der Waals surface area contributed by atoms with Gasteiger partial charge in [0.05, 0.1) is 46.8 Å². The van der Waals surface area contributed by atoms with E-state index in [-0.39, 0.29) is 0 Å². The van der Waals surface area contributed by atoms with Crippen LogP contribution in [0.2, 0.25) is 5.02 Å². The predicted octanol–water partition coefficient (Wildman–Crippen LogP) is 7.12. The van der Waals surface area contributed by atoms with E-state index in [0.29, 0.717) is 18.1 Å². The van der Waals surface area contributed by atoms with E-state index in [9.17, 15) is 5.11 Å². The second-order valence-electron chi connectivity index (χ2n) is 9.36. The van der Waals surface area contributed by atoms with Crippen molar-refractivity contribution in [1.82, 2.24) is 14.3 Å². The highest BCUT2D eigenvalue weighted by Crippen LogP contribution is 2.42. The maximum absolute atomic E-state index is 11.3. The van der Waals surface area contributed by atoms with Gasteiger partial charge < -0.3 is 9.67 Å². The number of aliphatic hydroxyl groups is 1. The van der Waals surface area contributed by atoms with E-state index < -0.39 is 6.10 Å². The monoisotopic (exact) mass is 483 g/mol. The molecule has 5 heteroatoms. The van der Waals surface area contributed by atoms with Gasteiger partial charge in [-0.2, -0.15) is 5.10 Å². The fourth-order valence-electron chi connectivity index (χ4n) is 5.18. The van der Waals surface area contributed by atoms with Crippen LogP contribution in [0.3, 0.4) is 0 Å². The lowest BCUT2D eigenvalue weighted by molar-refractivity contribution is 0.131. The van der Waals surface area contributed by atoms with Gasteiger partial charge in [0.15, 0.2) is 0 Å². The van der Waals surface area contributed by atoms with Gasteiger partial charge in [-0.3, -0.25) is 4.68 Å². The van der Waals surface area contributed by atoms with Crippen LogP contribution < -0.4 is 0 Å². The first-order chi connectivity index (χ1) is 16.8. The van der Waals surface area contributed by atoms with Gasteiger partial charge >= 0.3 is 0 Å². The zero-order chi connectivity index (χ0) is 24.7. The molecule has 2 aromatic heterocycles. The highest BCUT2D eigenvalue weighted by molar-refractivity contribution is 6.31. The van der Waals surface area contributed by atoms with Crippen molar-refractivity contribution in [1.29, 1.82) is 0 Å². The fraction of sp³-hybridized carbons (Fsp3) is 0.233. The van der Waals surface area contributed by atoms with Gasteiger partial charge in [-0.25, -0.2) is 0 Å². The molecule has 0 amide bonds. The number of hydrogen-bond acceptors (Lipinski definition) is 2.